The number of nitrogens with one attached hydrogen (secondary N) is 1. The smallest absolute Gasteiger partial charge is 0.252 e. The molecule has 0 radical (unpaired) electrons. The van der Waals surface area contributed by atoms with E-state index in [0.717, 1.165) is 11.1 Å². The predicted octanol–water partition coefficient (Wildman–Crippen LogP) is 1.77. The second-order valence-corrected chi connectivity index (χ2v) is 4.83. The first kappa shape index (κ1) is 12.2. The Kier molecular flexibility index (Phi) is 4.29. The van der Waals surface area contributed by atoms with E-state index in [-0.39, 0.29) is 11.9 Å². The van der Waals surface area contributed by atoms with Crippen molar-refractivity contribution in [3.63, 3.8) is 0 Å². The number of carbonyl (C=O) groups is 1. The number of nitrogens with two attached hydrogens (primary N) is 1. The van der Waals surface area contributed by atoms with Crippen molar-refractivity contribution in [1.29, 1.82) is 0 Å². The van der Waals surface area contributed by atoms with Gasteiger partial charge >= 0.3 is 0 Å². The molecule has 1 aromatic heterocycles. The van der Waals surface area contributed by atoms with Gasteiger partial charge in [-0.15, -0.1) is 0 Å². The summed E-state index contributed by atoms with van der Waals surface area (Å²) < 4.78 is 0. The van der Waals surface area contributed by atoms with Gasteiger partial charge < -0.3 is 11.1 Å². The van der Waals surface area contributed by atoms with Crippen LogP contribution in [0.15, 0.2) is 10.8 Å². The zero-order valence-corrected chi connectivity index (χ0v) is 10.2. The van der Waals surface area contributed by atoms with Gasteiger partial charge in [-0.2, -0.15) is 11.3 Å². The van der Waals surface area contributed by atoms with E-state index >= 15 is 0 Å². The lowest BCUT2D eigenvalue weighted by Gasteiger charge is -2.15. The van der Waals surface area contributed by atoms with Crippen LogP contribution < -0.4 is 11.1 Å². The molecule has 0 fully saturated rings. The Morgan fingerprint density at radius 3 is 2.67 bits per heavy atom. The van der Waals surface area contributed by atoms with Crippen molar-refractivity contribution < 1.29 is 4.79 Å². The van der Waals surface area contributed by atoms with E-state index in [1.54, 1.807) is 11.3 Å². The third kappa shape index (κ3) is 3.32. The summed E-state index contributed by atoms with van der Waals surface area (Å²) in [5, 5.41) is 6.69. The number of thiophene rings is 1. The highest BCUT2D eigenvalue weighted by atomic mass is 32.1. The lowest BCUT2D eigenvalue weighted by Crippen LogP contribution is -2.40. The van der Waals surface area contributed by atoms with Gasteiger partial charge in [-0.05, 0) is 23.8 Å². The molecule has 84 valence electrons. The highest BCUT2D eigenvalue weighted by Crippen LogP contribution is 2.13. The molecule has 0 spiro atoms. The molecule has 3 nitrogen and oxygen atoms in total. The fourth-order valence-electron chi connectivity index (χ4n) is 1.13. The van der Waals surface area contributed by atoms with Crippen LogP contribution in [0.1, 0.15) is 29.8 Å². The van der Waals surface area contributed by atoms with Crippen molar-refractivity contribution >= 4 is 17.2 Å². The van der Waals surface area contributed by atoms with Crippen molar-refractivity contribution in [3.05, 3.63) is 21.9 Å². The van der Waals surface area contributed by atoms with Crippen molar-refractivity contribution in [1.82, 2.24) is 5.32 Å². The van der Waals surface area contributed by atoms with Gasteiger partial charge in [0.05, 0.1) is 5.56 Å². The number of carbonyl (C=O) groups excluding carboxylic acids is 1. The molecule has 4 heteroatoms. The highest BCUT2D eigenvalue weighted by Gasteiger charge is 2.12. The van der Waals surface area contributed by atoms with Crippen LogP contribution in [0, 0.1) is 12.8 Å². The summed E-state index contributed by atoms with van der Waals surface area (Å²) >= 11 is 1.54. The van der Waals surface area contributed by atoms with Crippen LogP contribution in [0.3, 0.4) is 0 Å². The zero-order chi connectivity index (χ0) is 11.4. The summed E-state index contributed by atoms with van der Waals surface area (Å²) in [5.41, 5.74) is 7.63. The van der Waals surface area contributed by atoms with Crippen LogP contribution in [0.4, 0.5) is 0 Å². The molecule has 1 rings (SSSR count). The molecule has 1 unspecified atom stereocenters. The Labute approximate surface area is 94.7 Å². The lowest BCUT2D eigenvalue weighted by atomic mass is 10.1. The van der Waals surface area contributed by atoms with Gasteiger partial charge in [-0.25, -0.2) is 0 Å². The Balaban J connectivity index is 2.47. The van der Waals surface area contributed by atoms with E-state index in [1.165, 1.54) is 0 Å². The number of aryl methyl sites for hydroxylation is 1. The Hall–Kier alpha value is -0.870. The van der Waals surface area contributed by atoms with Crippen LogP contribution in [0.2, 0.25) is 0 Å². The normalized spacial score (nSPS) is 12.9. The summed E-state index contributed by atoms with van der Waals surface area (Å²) in [5.74, 6) is 0.360. The van der Waals surface area contributed by atoms with Crippen LogP contribution in [-0.4, -0.2) is 18.5 Å². The van der Waals surface area contributed by atoms with E-state index in [1.807, 2.05) is 31.5 Å². The number of hydrogen-bond acceptors (Lipinski definition) is 3. The summed E-state index contributed by atoms with van der Waals surface area (Å²) in [7, 11) is 0. The predicted molar refractivity (Wildman–Crippen MR) is 64.2 cm³/mol. The standard InChI is InChI=1S/C11H18N2OS/c1-7(2)10(12)4-13-11(14)9-6-15-5-8(9)3/h5-7,10H,4,12H2,1-3H3,(H,13,14). The fourth-order valence-corrected chi connectivity index (χ4v) is 1.96. The van der Waals surface area contributed by atoms with E-state index in [0.29, 0.717) is 12.5 Å². The van der Waals surface area contributed by atoms with Gasteiger partial charge in [-0.1, -0.05) is 13.8 Å². The Morgan fingerprint density at radius 1 is 1.53 bits per heavy atom. The molecule has 1 aromatic rings. The molecule has 0 bridgehead atoms. The second-order valence-electron chi connectivity index (χ2n) is 4.09. The van der Waals surface area contributed by atoms with Crippen LogP contribution in [0.25, 0.3) is 0 Å². The molecule has 3 N–H and O–H groups in total. The topological polar surface area (TPSA) is 55.1 Å². The van der Waals surface area contributed by atoms with Crippen molar-refractivity contribution in [3.8, 4) is 0 Å². The maximum absolute atomic E-state index is 11.7. The average molecular weight is 226 g/mol. The molecule has 15 heavy (non-hydrogen) atoms. The summed E-state index contributed by atoms with van der Waals surface area (Å²) in [6.45, 7) is 6.57. The maximum atomic E-state index is 11.7. The number of rotatable bonds is 4. The molecule has 1 amide bonds. The van der Waals surface area contributed by atoms with Crippen LogP contribution in [0.5, 0.6) is 0 Å². The van der Waals surface area contributed by atoms with E-state index < -0.39 is 0 Å². The third-order valence-electron chi connectivity index (χ3n) is 2.45. The molecular weight excluding hydrogens is 208 g/mol. The first-order valence-electron chi connectivity index (χ1n) is 5.09. The zero-order valence-electron chi connectivity index (χ0n) is 9.41. The Morgan fingerprint density at radius 2 is 2.20 bits per heavy atom. The second kappa shape index (κ2) is 5.28. The highest BCUT2D eigenvalue weighted by molar-refractivity contribution is 7.08. The fraction of sp³-hybridized carbons (Fsp3) is 0.545. The largest absolute Gasteiger partial charge is 0.350 e. The molecule has 0 aliphatic heterocycles. The van der Waals surface area contributed by atoms with E-state index in [4.69, 9.17) is 5.73 Å². The van der Waals surface area contributed by atoms with Crippen molar-refractivity contribution in [2.75, 3.05) is 6.54 Å². The summed E-state index contributed by atoms with van der Waals surface area (Å²) in [6.07, 6.45) is 0. The van der Waals surface area contributed by atoms with Gasteiger partial charge in [0.25, 0.3) is 5.91 Å². The average Bonchev–Trinajstić information content (AvgIpc) is 2.60. The van der Waals surface area contributed by atoms with Gasteiger partial charge in [-0.3, -0.25) is 4.79 Å². The summed E-state index contributed by atoms with van der Waals surface area (Å²) in [6, 6.07) is 0.0212. The molecule has 0 aliphatic rings. The van der Waals surface area contributed by atoms with Gasteiger partial charge in [0.15, 0.2) is 0 Å². The third-order valence-corrected chi connectivity index (χ3v) is 3.32. The van der Waals surface area contributed by atoms with Gasteiger partial charge in [0, 0.05) is 18.0 Å². The minimum Gasteiger partial charge on any atom is -0.350 e. The SMILES string of the molecule is Cc1cscc1C(=O)NCC(N)C(C)C. The number of amides is 1. The Bertz CT molecular complexity index is 333. The molecule has 1 heterocycles. The van der Waals surface area contributed by atoms with Gasteiger partial charge in [0.1, 0.15) is 0 Å². The molecule has 0 saturated heterocycles. The monoisotopic (exact) mass is 226 g/mol. The molecule has 0 aromatic carbocycles. The summed E-state index contributed by atoms with van der Waals surface area (Å²) in [4.78, 5) is 11.7. The van der Waals surface area contributed by atoms with E-state index in [9.17, 15) is 4.79 Å². The maximum Gasteiger partial charge on any atom is 0.252 e. The quantitative estimate of drug-likeness (QED) is 0.822. The van der Waals surface area contributed by atoms with Crippen molar-refractivity contribution in [2.45, 2.75) is 26.8 Å². The van der Waals surface area contributed by atoms with Crippen LogP contribution >= 0.6 is 11.3 Å². The number of hydrogen-bond donors (Lipinski definition) is 2. The minimum atomic E-state index is -0.0233. The first-order valence-corrected chi connectivity index (χ1v) is 6.03. The minimum absolute atomic E-state index is 0.0212. The molecule has 0 saturated carbocycles. The van der Waals surface area contributed by atoms with E-state index in [2.05, 4.69) is 5.32 Å². The molecule has 0 aliphatic carbocycles. The van der Waals surface area contributed by atoms with Gasteiger partial charge in [0.2, 0.25) is 0 Å². The van der Waals surface area contributed by atoms with Crippen LogP contribution in [-0.2, 0) is 0 Å². The first-order chi connectivity index (χ1) is 7.02. The lowest BCUT2D eigenvalue weighted by molar-refractivity contribution is 0.0949. The molecule has 1 atom stereocenters. The van der Waals surface area contributed by atoms with Crippen molar-refractivity contribution in [2.24, 2.45) is 11.7 Å². The molecular formula is C11H18N2OS.